The van der Waals surface area contributed by atoms with E-state index in [1.807, 2.05) is 0 Å². The molecule has 0 aromatic carbocycles. The maximum Gasteiger partial charge on any atom is 0.228 e. The lowest BCUT2D eigenvalue weighted by molar-refractivity contribution is -0.141. The molecule has 6 nitrogen and oxygen atoms in total. The molecule has 0 radical (unpaired) electrons. The predicted octanol–water partition coefficient (Wildman–Crippen LogP) is 3.47. The summed E-state index contributed by atoms with van der Waals surface area (Å²) in [4.78, 5) is 27.0. The summed E-state index contributed by atoms with van der Waals surface area (Å²) >= 11 is 1.72. The molecule has 0 bridgehead atoms. The Kier molecular flexibility index (Phi) is 4.75. The molecule has 3 saturated heterocycles. The molecule has 5 heterocycles. The number of amides is 1. The van der Waals surface area contributed by atoms with E-state index in [9.17, 15) is 4.79 Å². The summed E-state index contributed by atoms with van der Waals surface area (Å²) in [6.07, 6.45) is 8.07. The van der Waals surface area contributed by atoms with Gasteiger partial charge in [0.05, 0.1) is 22.2 Å². The molecule has 0 aliphatic carbocycles. The van der Waals surface area contributed by atoms with Gasteiger partial charge in [-0.05, 0) is 56.9 Å². The van der Waals surface area contributed by atoms with Crippen LogP contribution < -0.4 is 4.90 Å². The standard InChI is InChI=1S/C21H28N4O2S/c1-15-16(4-12-27-15)20(26)25-10-3-7-21(25)6-2-9-24(11-8-21)19-18-17(5-13-28-18)22-14-23-19/h5,13-16H,2-4,6-12H2,1H3/t15-,16-,21+/m0/s1. The minimum absolute atomic E-state index is 0.0236. The van der Waals surface area contributed by atoms with Crippen LogP contribution in [-0.4, -0.2) is 58.7 Å². The molecule has 3 atom stereocenters. The van der Waals surface area contributed by atoms with E-state index in [1.165, 1.54) is 4.70 Å². The van der Waals surface area contributed by atoms with Gasteiger partial charge in [0, 0.05) is 31.8 Å². The molecule has 2 aromatic heterocycles. The lowest BCUT2D eigenvalue weighted by atomic mass is 9.86. The largest absolute Gasteiger partial charge is 0.378 e. The number of ether oxygens (including phenoxy) is 1. The van der Waals surface area contributed by atoms with Crippen molar-refractivity contribution in [1.82, 2.24) is 14.9 Å². The van der Waals surface area contributed by atoms with Gasteiger partial charge in [0.1, 0.15) is 12.1 Å². The van der Waals surface area contributed by atoms with Gasteiger partial charge in [0.15, 0.2) is 0 Å². The molecule has 3 fully saturated rings. The van der Waals surface area contributed by atoms with Crippen molar-refractivity contribution in [2.75, 3.05) is 31.1 Å². The normalized spacial score (nSPS) is 31.0. The van der Waals surface area contributed by atoms with Gasteiger partial charge in [0.25, 0.3) is 0 Å². The zero-order valence-electron chi connectivity index (χ0n) is 16.5. The Morgan fingerprint density at radius 3 is 2.89 bits per heavy atom. The molecule has 2 aromatic rings. The monoisotopic (exact) mass is 400 g/mol. The number of carbonyl (C=O) groups excluding carboxylic acids is 1. The van der Waals surface area contributed by atoms with Crippen LogP contribution in [0.5, 0.6) is 0 Å². The van der Waals surface area contributed by atoms with Crippen LogP contribution in [0.3, 0.4) is 0 Å². The number of hydrogen-bond acceptors (Lipinski definition) is 6. The highest BCUT2D eigenvalue weighted by molar-refractivity contribution is 7.17. The summed E-state index contributed by atoms with van der Waals surface area (Å²) in [6.45, 7) is 5.62. The number of hydrogen-bond donors (Lipinski definition) is 0. The molecule has 0 unspecified atom stereocenters. The smallest absolute Gasteiger partial charge is 0.228 e. The Morgan fingerprint density at radius 2 is 2.07 bits per heavy atom. The van der Waals surface area contributed by atoms with Crippen LogP contribution in [0, 0.1) is 5.92 Å². The van der Waals surface area contributed by atoms with Crippen molar-refractivity contribution in [3.8, 4) is 0 Å². The number of anilines is 1. The van der Waals surface area contributed by atoms with E-state index in [0.29, 0.717) is 5.91 Å². The van der Waals surface area contributed by atoms with Crippen LogP contribution in [0.4, 0.5) is 5.82 Å². The molecule has 0 N–H and O–H groups in total. The highest BCUT2D eigenvalue weighted by Crippen LogP contribution is 2.41. The minimum Gasteiger partial charge on any atom is -0.378 e. The first-order chi connectivity index (χ1) is 13.7. The van der Waals surface area contributed by atoms with Gasteiger partial charge in [-0.25, -0.2) is 9.97 Å². The molecule has 7 heteroatoms. The molecule has 5 rings (SSSR count). The van der Waals surface area contributed by atoms with Gasteiger partial charge < -0.3 is 14.5 Å². The van der Waals surface area contributed by atoms with Gasteiger partial charge in [-0.3, -0.25) is 4.79 Å². The average molecular weight is 401 g/mol. The van der Waals surface area contributed by atoms with Crippen molar-refractivity contribution in [3.05, 3.63) is 17.8 Å². The molecule has 28 heavy (non-hydrogen) atoms. The van der Waals surface area contributed by atoms with Gasteiger partial charge in [-0.15, -0.1) is 11.3 Å². The van der Waals surface area contributed by atoms with E-state index >= 15 is 0 Å². The summed E-state index contributed by atoms with van der Waals surface area (Å²) in [7, 11) is 0. The number of nitrogens with zero attached hydrogens (tertiary/aromatic N) is 4. The van der Waals surface area contributed by atoms with E-state index in [4.69, 9.17) is 4.74 Å². The average Bonchev–Trinajstić information content (AvgIpc) is 3.40. The zero-order valence-corrected chi connectivity index (χ0v) is 17.3. The third-order valence-corrected chi connectivity index (χ3v) is 7.90. The fraction of sp³-hybridized carbons (Fsp3) is 0.667. The second kappa shape index (κ2) is 7.26. The van der Waals surface area contributed by atoms with Crippen molar-refractivity contribution in [2.24, 2.45) is 5.92 Å². The van der Waals surface area contributed by atoms with Crippen LogP contribution in [0.15, 0.2) is 17.8 Å². The molecule has 150 valence electrons. The van der Waals surface area contributed by atoms with E-state index in [1.54, 1.807) is 17.7 Å². The van der Waals surface area contributed by atoms with Gasteiger partial charge >= 0.3 is 0 Å². The van der Waals surface area contributed by atoms with Crippen LogP contribution >= 0.6 is 11.3 Å². The first-order valence-corrected chi connectivity index (χ1v) is 11.4. The first-order valence-electron chi connectivity index (χ1n) is 10.5. The SMILES string of the molecule is C[C@@H]1OCC[C@@H]1C(=O)N1CCC[C@@]12CCCN(c1ncnc3ccsc13)CC2. The van der Waals surface area contributed by atoms with Crippen LogP contribution in [-0.2, 0) is 9.53 Å². The number of aromatic nitrogens is 2. The summed E-state index contributed by atoms with van der Waals surface area (Å²) in [6, 6.07) is 2.06. The summed E-state index contributed by atoms with van der Waals surface area (Å²) in [5.74, 6) is 1.44. The van der Waals surface area contributed by atoms with Crippen LogP contribution in [0.1, 0.15) is 45.4 Å². The third kappa shape index (κ3) is 2.99. The quantitative estimate of drug-likeness (QED) is 0.773. The van der Waals surface area contributed by atoms with Gasteiger partial charge in [-0.1, -0.05) is 0 Å². The number of carbonyl (C=O) groups is 1. The molecule has 0 saturated carbocycles. The summed E-state index contributed by atoms with van der Waals surface area (Å²) in [5.41, 5.74) is 1.05. The van der Waals surface area contributed by atoms with E-state index in [2.05, 4.69) is 38.1 Å². The lowest BCUT2D eigenvalue weighted by Gasteiger charge is -2.40. The number of rotatable bonds is 2. The van der Waals surface area contributed by atoms with Crippen molar-refractivity contribution >= 4 is 33.3 Å². The molecule has 1 spiro atoms. The molecule has 3 aliphatic heterocycles. The Balaban J connectivity index is 1.37. The zero-order chi connectivity index (χ0) is 19.1. The highest BCUT2D eigenvalue weighted by atomic mass is 32.1. The maximum absolute atomic E-state index is 13.3. The fourth-order valence-corrected chi connectivity index (χ4v) is 6.31. The maximum atomic E-state index is 13.3. The van der Waals surface area contributed by atoms with Crippen LogP contribution in [0.25, 0.3) is 10.2 Å². The minimum atomic E-state index is 0.0236. The Hall–Kier alpha value is -1.73. The van der Waals surface area contributed by atoms with E-state index in [-0.39, 0.29) is 17.6 Å². The third-order valence-electron chi connectivity index (χ3n) is 7.00. The fourth-order valence-electron chi connectivity index (χ4n) is 5.45. The van der Waals surface area contributed by atoms with Crippen molar-refractivity contribution in [1.29, 1.82) is 0 Å². The van der Waals surface area contributed by atoms with E-state index < -0.39 is 0 Å². The lowest BCUT2D eigenvalue weighted by Crippen LogP contribution is -2.51. The topological polar surface area (TPSA) is 58.6 Å². The van der Waals surface area contributed by atoms with Crippen molar-refractivity contribution < 1.29 is 9.53 Å². The van der Waals surface area contributed by atoms with Crippen molar-refractivity contribution in [2.45, 2.75) is 57.1 Å². The predicted molar refractivity (Wildman–Crippen MR) is 111 cm³/mol. The Bertz CT molecular complexity index is 871. The van der Waals surface area contributed by atoms with Crippen LogP contribution in [0.2, 0.25) is 0 Å². The summed E-state index contributed by atoms with van der Waals surface area (Å²) < 4.78 is 6.86. The second-order valence-corrected chi connectivity index (χ2v) is 9.38. The number of likely N-dealkylation sites (tertiary alicyclic amines) is 1. The molecule has 1 amide bonds. The van der Waals surface area contributed by atoms with Crippen molar-refractivity contribution in [3.63, 3.8) is 0 Å². The first kappa shape index (κ1) is 18.3. The highest BCUT2D eigenvalue weighted by Gasteiger charge is 2.47. The second-order valence-electron chi connectivity index (χ2n) is 8.46. The van der Waals surface area contributed by atoms with Gasteiger partial charge in [-0.2, -0.15) is 0 Å². The Morgan fingerprint density at radius 1 is 1.21 bits per heavy atom. The number of fused-ring (bicyclic) bond motifs is 1. The molecule has 3 aliphatic rings. The molecular weight excluding hydrogens is 372 g/mol. The van der Waals surface area contributed by atoms with Gasteiger partial charge in [0.2, 0.25) is 5.91 Å². The summed E-state index contributed by atoms with van der Waals surface area (Å²) in [5, 5.41) is 2.09. The molecular formula is C21H28N4O2S. The number of thiophene rings is 1. The van der Waals surface area contributed by atoms with E-state index in [0.717, 1.165) is 76.1 Å². The Labute approximate surface area is 169 Å².